The lowest BCUT2D eigenvalue weighted by atomic mass is 10.1. The van der Waals surface area contributed by atoms with E-state index < -0.39 is 18.5 Å². The Morgan fingerprint density at radius 3 is 2.91 bits per heavy atom. The van der Waals surface area contributed by atoms with E-state index in [1.807, 2.05) is 23.7 Å². The molecule has 162 valence electrons. The van der Waals surface area contributed by atoms with Crippen molar-refractivity contribution in [2.45, 2.75) is 12.5 Å². The van der Waals surface area contributed by atoms with Gasteiger partial charge in [-0.2, -0.15) is 10.2 Å². The van der Waals surface area contributed by atoms with Crippen LogP contribution >= 0.6 is 22.7 Å². The topological polar surface area (TPSA) is 103 Å². The summed E-state index contributed by atoms with van der Waals surface area (Å²) in [5.41, 5.74) is 1.75. The molecule has 32 heavy (non-hydrogen) atoms. The molecule has 5 heterocycles. The molecule has 1 amide bonds. The van der Waals surface area contributed by atoms with Crippen LogP contribution in [0, 0.1) is 0 Å². The van der Waals surface area contributed by atoms with Crippen LogP contribution in [0.4, 0.5) is 0 Å². The number of amides is 1. The van der Waals surface area contributed by atoms with Crippen LogP contribution in [0.2, 0.25) is 0 Å². The lowest BCUT2D eigenvalue weighted by Gasteiger charge is -2.19. The SMILES string of the molecule is Cn1cc(-c2nc(C(=O)OCC(=O)N3N=C(c4cccs4)CC3c3ccco3)cs2)cn1. The first-order valence-corrected chi connectivity index (χ1v) is 11.4. The first kappa shape index (κ1) is 20.3. The molecule has 0 aliphatic carbocycles. The number of hydrogen-bond acceptors (Lipinski definition) is 9. The second kappa shape index (κ2) is 8.52. The van der Waals surface area contributed by atoms with Crippen molar-refractivity contribution < 1.29 is 18.7 Å². The fourth-order valence-corrected chi connectivity index (χ4v) is 4.82. The van der Waals surface area contributed by atoms with E-state index in [1.54, 1.807) is 53.0 Å². The van der Waals surface area contributed by atoms with Crippen molar-refractivity contribution in [3.05, 3.63) is 70.0 Å². The van der Waals surface area contributed by atoms with Crippen LogP contribution in [0.3, 0.4) is 0 Å². The molecule has 0 saturated carbocycles. The van der Waals surface area contributed by atoms with Gasteiger partial charge in [0, 0.05) is 30.6 Å². The second-order valence-corrected chi connectivity index (χ2v) is 8.82. The molecule has 1 aliphatic rings. The largest absolute Gasteiger partial charge is 0.467 e. The van der Waals surface area contributed by atoms with Crippen LogP contribution in [0.25, 0.3) is 10.6 Å². The quantitative estimate of drug-likeness (QED) is 0.400. The molecule has 4 aromatic rings. The number of aryl methyl sites for hydroxylation is 1. The van der Waals surface area contributed by atoms with E-state index in [-0.39, 0.29) is 11.7 Å². The number of carbonyl (C=O) groups excluding carboxylic acids is 2. The van der Waals surface area contributed by atoms with Gasteiger partial charge in [-0.05, 0) is 23.6 Å². The van der Waals surface area contributed by atoms with Gasteiger partial charge < -0.3 is 9.15 Å². The van der Waals surface area contributed by atoms with Crippen LogP contribution < -0.4 is 0 Å². The molecule has 11 heteroatoms. The van der Waals surface area contributed by atoms with Gasteiger partial charge in [0.05, 0.1) is 23.0 Å². The van der Waals surface area contributed by atoms with E-state index in [2.05, 4.69) is 15.2 Å². The number of thiophene rings is 1. The zero-order valence-corrected chi connectivity index (χ0v) is 18.5. The molecule has 5 rings (SSSR count). The van der Waals surface area contributed by atoms with Crippen molar-refractivity contribution in [2.24, 2.45) is 12.1 Å². The molecule has 4 aromatic heterocycles. The van der Waals surface area contributed by atoms with Crippen LogP contribution in [0.5, 0.6) is 0 Å². The Morgan fingerprint density at radius 1 is 1.28 bits per heavy atom. The summed E-state index contributed by atoms with van der Waals surface area (Å²) < 4.78 is 12.4. The summed E-state index contributed by atoms with van der Waals surface area (Å²) in [5, 5.41) is 14.1. The molecule has 1 aliphatic heterocycles. The van der Waals surface area contributed by atoms with E-state index >= 15 is 0 Å². The second-order valence-electron chi connectivity index (χ2n) is 7.01. The van der Waals surface area contributed by atoms with Gasteiger partial charge in [-0.25, -0.2) is 14.8 Å². The van der Waals surface area contributed by atoms with Crippen LogP contribution in [-0.2, 0) is 16.6 Å². The average molecular weight is 468 g/mol. The van der Waals surface area contributed by atoms with Gasteiger partial charge in [0.25, 0.3) is 5.91 Å². The maximum Gasteiger partial charge on any atom is 0.358 e. The number of rotatable bonds is 6. The van der Waals surface area contributed by atoms with E-state index in [9.17, 15) is 9.59 Å². The molecule has 0 fully saturated rings. The molecule has 0 radical (unpaired) electrons. The smallest absolute Gasteiger partial charge is 0.358 e. The van der Waals surface area contributed by atoms with Crippen molar-refractivity contribution in [1.82, 2.24) is 19.8 Å². The van der Waals surface area contributed by atoms with Gasteiger partial charge in [-0.15, -0.1) is 22.7 Å². The molecule has 0 spiro atoms. The monoisotopic (exact) mass is 467 g/mol. The molecule has 1 unspecified atom stereocenters. The third-order valence-corrected chi connectivity index (χ3v) is 6.65. The highest BCUT2D eigenvalue weighted by Gasteiger charge is 2.35. The fraction of sp³-hybridized carbons (Fsp3) is 0.190. The molecular weight excluding hydrogens is 450 g/mol. The number of carbonyl (C=O) groups is 2. The summed E-state index contributed by atoms with van der Waals surface area (Å²) in [6, 6.07) is 7.08. The highest BCUT2D eigenvalue weighted by Crippen LogP contribution is 2.34. The molecule has 0 bridgehead atoms. The Bertz CT molecular complexity index is 1270. The number of esters is 1. The highest BCUT2D eigenvalue weighted by atomic mass is 32.1. The molecule has 0 N–H and O–H groups in total. The third kappa shape index (κ3) is 3.99. The molecular formula is C21H17N5O4S2. The minimum absolute atomic E-state index is 0.147. The number of nitrogens with zero attached hydrogens (tertiary/aromatic N) is 5. The molecule has 9 nitrogen and oxygen atoms in total. The van der Waals surface area contributed by atoms with Crippen molar-refractivity contribution >= 4 is 40.3 Å². The third-order valence-electron chi connectivity index (χ3n) is 4.83. The van der Waals surface area contributed by atoms with Gasteiger partial charge >= 0.3 is 5.97 Å². The van der Waals surface area contributed by atoms with E-state index in [4.69, 9.17) is 9.15 Å². The summed E-state index contributed by atoms with van der Waals surface area (Å²) in [6.45, 7) is -0.447. The Hall–Kier alpha value is -3.57. The van der Waals surface area contributed by atoms with Crippen molar-refractivity contribution in [3.63, 3.8) is 0 Å². The standard InChI is InChI=1S/C21H17N5O4S2/c1-25-10-13(9-22-25)20-23-15(12-32-20)21(28)30-11-19(27)26-16(17-4-2-6-29-17)8-14(24-26)18-5-3-7-31-18/h2-7,9-10,12,16H,8,11H2,1H3. The van der Waals surface area contributed by atoms with Crippen molar-refractivity contribution in [2.75, 3.05) is 6.61 Å². The van der Waals surface area contributed by atoms with E-state index in [0.717, 1.165) is 16.2 Å². The number of aromatic nitrogens is 3. The number of furan rings is 1. The Labute approximate surface area is 190 Å². The minimum atomic E-state index is -0.666. The van der Waals surface area contributed by atoms with Gasteiger partial charge in [0.15, 0.2) is 12.3 Å². The number of hydrazone groups is 1. The molecule has 0 saturated heterocycles. The fourth-order valence-electron chi connectivity index (χ4n) is 3.33. The predicted molar refractivity (Wildman–Crippen MR) is 118 cm³/mol. The lowest BCUT2D eigenvalue weighted by molar-refractivity contribution is -0.136. The summed E-state index contributed by atoms with van der Waals surface area (Å²) in [7, 11) is 1.80. The van der Waals surface area contributed by atoms with Crippen LogP contribution in [0.15, 0.2) is 63.2 Å². The van der Waals surface area contributed by atoms with Gasteiger partial charge in [0.2, 0.25) is 0 Å². The summed E-state index contributed by atoms with van der Waals surface area (Å²) >= 11 is 2.86. The minimum Gasteiger partial charge on any atom is -0.467 e. The maximum absolute atomic E-state index is 12.9. The van der Waals surface area contributed by atoms with Gasteiger partial charge in [0.1, 0.15) is 16.8 Å². The lowest BCUT2D eigenvalue weighted by Crippen LogP contribution is -2.31. The maximum atomic E-state index is 12.9. The predicted octanol–water partition coefficient (Wildman–Crippen LogP) is 3.73. The molecule has 0 aromatic carbocycles. The first-order chi connectivity index (χ1) is 15.6. The van der Waals surface area contributed by atoms with Crippen molar-refractivity contribution in [1.29, 1.82) is 0 Å². The Morgan fingerprint density at radius 2 is 2.19 bits per heavy atom. The van der Waals surface area contributed by atoms with Crippen LogP contribution in [0.1, 0.15) is 33.6 Å². The van der Waals surface area contributed by atoms with Crippen LogP contribution in [-0.4, -0.2) is 44.0 Å². The van der Waals surface area contributed by atoms with E-state index in [1.165, 1.54) is 16.3 Å². The Balaban J connectivity index is 1.28. The number of hydrogen-bond donors (Lipinski definition) is 0. The summed E-state index contributed by atoms with van der Waals surface area (Å²) in [6.07, 6.45) is 5.56. The first-order valence-electron chi connectivity index (χ1n) is 9.67. The highest BCUT2D eigenvalue weighted by molar-refractivity contribution is 7.13. The number of thiazole rings is 1. The van der Waals surface area contributed by atoms with Gasteiger partial charge in [-0.3, -0.25) is 9.48 Å². The average Bonchev–Trinajstić information content (AvgIpc) is 3.61. The molecule has 1 atom stereocenters. The normalized spacial score (nSPS) is 15.7. The van der Waals surface area contributed by atoms with E-state index in [0.29, 0.717) is 17.2 Å². The zero-order valence-electron chi connectivity index (χ0n) is 16.9. The zero-order chi connectivity index (χ0) is 22.1. The summed E-state index contributed by atoms with van der Waals surface area (Å²) in [5.74, 6) is -0.476. The van der Waals surface area contributed by atoms with Crippen molar-refractivity contribution in [3.8, 4) is 10.6 Å². The summed E-state index contributed by atoms with van der Waals surface area (Å²) in [4.78, 5) is 30.6. The Kier molecular flexibility index (Phi) is 5.41. The number of ether oxygens (including phenoxy) is 1. The van der Waals surface area contributed by atoms with Gasteiger partial charge in [-0.1, -0.05) is 6.07 Å².